The monoisotopic (exact) mass is 615 g/mol. The maximum Gasteiger partial charge on any atom is 0.266 e. The SMILES string of the molecule is Cc1nnc(-n2c(-c3ccccc3)c(-c3ccccc3)c3cc(-n4c(-c5ccccc5)nc5ccccc5c4=O)ccc3c2=O)s1. The zero-order valence-corrected chi connectivity index (χ0v) is 25.5. The molecule has 0 fully saturated rings. The molecule has 5 aromatic carbocycles. The summed E-state index contributed by atoms with van der Waals surface area (Å²) in [7, 11) is 0. The molecule has 220 valence electrons. The van der Waals surface area contributed by atoms with Crippen LogP contribution in [0.1, 0.15) is 5.01 Å². The second-order valence-electron chi connectivity index (χ2n) is 10.9. The second kappa shape index (κ2) is 11.2. The van der Waals surface area contributed by atoms with Crippen molar-refractivity contribution in [1.82, 2.24) is 24.3 Å². The van der Waals surface area contributed by atoms with E-state index >= 15 is 0 Å². The molecule has 0 N–H and O–H groups in total. The van der Waals surface area contributed by atoms with Crippen LogP contribution in [0.3, 0.4) is 0 Å². The largest absolute Gasteiger partial charge is 0.268 e. The predicted molar refractivity (Wildman–Crippen MR) is 185 cm³/mol. The number of hydrogen-bond donors (Lipinski definition) is 0. The van der Waals surface area contributed by atoms with Gasteiger partial charge in [0.2, 0.25) is 5.13 Å². The highest BCUT2D eigenvalue weighted by Crippen LogP contribution is 2.39. The van der Waals surface area contributed by atoms with Crippen molar-refractivity contribution in [3.8, 4) is 44.6 Å². The molecule has 3 heterocycles. The Hall–Kier alpha value is -5.99. The van der Waals surface area contributed by atoms with Crippen LogP contribution in [-0.2, 0) is 0 Å². The smallest absolute Gasteiger partial charge is 0.266 e. The minimum absolute atomic E-state index is 0.189. The van der Waals surface area contributed by atoms with E-state index in [1.54, 1.807) is 21.3 Å². The van der Waals surface area contributed by atoms with Crippen molar-refractivity contribution in [3.05, 3.63) is 159 Å². The van der Waals surface area contributed by atoms with Crippen LogP contribution in [-0.4, -0.2) is 24.3 Å². The summed E-state index contributed by atoms with van der Waals surface area (Å²) >= 11 is 1.37. The van der Waals surface area contributed by atoms with Crippen LogP contribution in [0.4, 0.5) is 0 Å². The van der Waals surface area contributed by atoms with Crippen LogP contribution < -0.4 is 11.1 Å². The van der Waals surface area contributed by atoms with Crippen LogP contribution in [0, 0.1) is 6.92 Å². The van der Waals surface area contributed by atoms with Crippen LogP contribution in [0.15, 0.2) is 143 Å². The normalized spacial score (nSPS) is 11.3. The van der Waals surface area contributed by atoms with Gasteiger partial charge in [0.25, 0.3) is 11.1 Å². The molecule has 0 aliphatic carbocycles. The average Bonchev–Trinajstić information content (AvgIpc) is 3.54. The summed E-state index contributed by atoms with van der Waals surface area (Å²) in [6.07, 6.45) is 0. The van der Waals surface area contributed by atoms with Crippen molar-refractivity contribution in [2.24, 2.45) is 0 Å². The van der Waals surface area contributed by atoms with Crippen LogP contribution in [0.2, 0.25) is 0 Å². The lowest BCUT2D eigenvalue weighted by Gasteiger charge is -2.20. The third kappa shape index (κ3) is 4.55. The topological polar surface area (TPSA) is 82.7 Å². The Labute approximate surface area is 267 Å². The zero-order valence-electron chi connectivity index (χ0n) is 24.7. The Balaban J connectivity index is 1.53. The first-order valence-electron chi connectivity index (χ1n) is 14.8. The molecule has 7 nitrogen and oxygen atoms in total. The lowest BCUT2D eigenvalue weighted by atomic mass is 9.93. The molecule has 0 saturated heterocycles. The van der Waals surface area contributed by atoms with Gasteiger partial charge in [0.15, 0.2) is 0 Å². The highest BCUT2D eigenvalue weighted by molar-refractivity contribution is 7.13. The molecule has 0 unspecified atom stereocenters. The molecule has 0 bridgehead atoms. The van der Waals surface area contributed by atoms with Gasteiger partial charge in [-0.15, -0.1) is 10.2 Å². The van der Waals surface area contributed by atoms with Crippen LogP contribution in [0.25, 0.3) is 66.3 Å². The Morgan fingerprint density at radius 1 is 0.565 bits per heavy atom. The van der Waals surface area contributed by atoms with E-state index < -0.39 is 0 Å². The van der Waals surface area contributed by atoms with Crippen molar-refractivity contribution in [2.45, 2.75) is 6.92 Å². The van der Waals surface area contributed by atoms with E-state index in [2.05, 4.69) is 10.2 Å². The van der Waals surface area contributed by atoms with Gasteiger partial charge in [0.1, 0.15) is 10.8 Å². The molecule has 0 amide bonds. The van der Waals surface area contributed by atoms with Crippen molar-refractivity contribution < 1.29 is 0 Å². The van der Waals surface area contributed by atoms with E-state index in [1.165, 1.54) is 11.3 Å². The molecule has 8 heteroatoms. The summed E-state index contributed by atoms with van der Waals surface area (Å²) in [5.74, 6) is 0.519. The lowest BCUT2D eigenvalue weighted by molar-refractivity contribution is 0.934. The molecule has 0 atom stereocenters. The van der Waals surface area contributed by atoms with Crippen molar-refractivity contribution in [1.29, 1.82) is 0 Å². The fraction of sp³-hybridized carbons (Fsp3) is 0.0263. The molecule has 0 radical (unpaired) electrons. The molecule has 0 spiro atoms. The van der Waals surface area contributed by atoms with Gasteiger partial charge in [-0.1, -0.05) is 114 Å². The van der Waals surface area contributed by atoms with E-state index in [4.69, 9.17) is 4.98 Å². The van der Waals surface area contributed by atoms with Crippen molar-refractivity contribution in [3.63, 3.8) is 0 Å². The van der Waals surface area contributed by atoms with Crippen molar-refractivity contribution >= 4 is 33.0 Å². The first-order valence-corrected chi connectivity index (χ1v) is 15.6. The number of para-hydroxylation sites is 1. The number of aromatic nitrogens is 5. The summed E-state index contributed by atoms with van der Waals surface area (Å²) < 4.78 is 3.32. The van der Waals surface area contributed by atoms with E-state index in [1.807, 2.05) is 128 Å². The van der Waals surface area contributed by atoms with Crippen molar-refractivity contribution in [2.75, 3.05) is 0 Å². The molecule has 46 heavy (non-hydrogen) atoms. The first kappa shape index (κ1) is 27.6. The van der Waals surface area contributed by atoms with Crippen LogP contribution >= 0.6 is 11.3 Å². The zero-order chi connectivity index (χ0) is 31.2. The molecule has 8 rings (SSSR count). The van der Waals surface area contributed by atoms with Crippen LogP contribution in [0.5, 0.6) is 0 Å². The number of rotatable bonds is 5. The fourth-order valence-corrected chi connectivity index (χ4v) is 6.70. The molecule has 8 aromatic rings. The van der Waals surface area contributed by atoms with E-state index in [9.17, 15) is 9.59 Å². The Morgan fingerprint density at radius 2 is 1.17 bits per heavy atom. The molecule has 0 aliphatic rings. The maximum absolute atomic E-state index is 14.5. The number of aryl methyl sites for hydroxylation is 1. The molecule has 0 saturated carbocycles. The third-order valence-electron chi connectivity index (χ3n) is 8.05. The quantitative estimate of drug-likeness (QED) is 0.197. The maximum atomic E-state index is 14.5. The van der Waals surface area contributed by atoms with Gasteiger partial charge < -0.3 is 0 Å². The number of benzene rings is 5. The Bertz CT molecular complexity index is 2520. The number of nitrogens with zero attached hydrogens (tertiary/aromatic N) is 5. The second-order valence-corrected chi connectivity index (χ2v) is 12.0. The number of hydrogen-bond acceptors (Lipinski definition) is 6. The molecule has 3 aromatic heterocycles. The Kier molecular flexibility index (Phi) is 6.69. The fourth-order valence-electron chi connectivity index (χ4n) is 6.00. The molecular formula is C38H25N5O2S. The van der Waals surface area contributed by atoms with Gasteiger partial charge in [-0.2, -0.15) is 0 Å². The standard InChI is InChI=1S/C38H25N5O2S/c1-24-40-41-38(46-24)43-34(26-15-7-3-8-16-26)33(25-13-5-2-6-14-25)31-23-28(21-22-29(31)36(43)44)42-35(27-17-9-4-10-18-27)39-32-20-12-11-19-30(32)37(42)45/h2-23H,1H3. The highest BCUT2D eigenvalue weighted by Gasteiger charge is 2.24. The summed E-state index contributed by atoms with van der Waals surface area (Å²) in [4.78, 5) is 33.7. The summed E-state index contributed by atoms with van der Waals surface area (Å²) in [6.45, 7) is 1.87. The summed E-state index contributed by atoms with van der Waals surface area (Å²) in [5, 5.41) is 11.6. The average molecular weight is 616 g/mol. The number of fused-ring (bicyclic) bond motifs is 2. The third-order valence-corrected chi connectivity index (χ3v) is 8.87. The van der Waals surface area contributed by atoms with Gasteiger partial charge in [0.05, 0.1) is 22.3 Å². The van der Waals surface area contributed by atoms with E-state index in [0.717, 1.165) is 27.3 Å². The minimum atomic E-state index is -0.219. The lowest BCUT2D eigenvalue weighted by Crippen LogP contribution is -2.23. The van der Waals surface area contributed by atoms with Gasteiger partial charge in [-0.25, -0.2) is 9.55 Å². The van der Waals surface area contributed by atoms with E-state index in [0.29, 0.717) is 44.0 Å². The number of pyridine rings is 1. The first-order chi connectivity index (χ1) is 22.6. The van der Waals surface area contributed by atoms with Gasteiger partial charge >= 0.3 is 0 Å². The van der Waals surface area contributed by atoms with Gasteiger partial charge in [0, 0.05) is 16.5 Å². The molecular weight excluding hydrogens is 591 g/mol. The van der Waals surface area contributed by atoms with Gasteiger partial charge in [-0.3, -0.25) is 14.2 Å². The van der Waals surface area contributed by atoms with E-state index in [-0.39, 0.29) is 11.1 Å². The minimum Gasteiger partial charge on any atom is -0.268 e. The summed E-state index contributed by atoms with van der Waals surface area (Å²) in [6, 6.07) is 42.5. The molecule has 0 aliphatic heterocycles. The Morgan fingerprint density at radius 3 is 1.85 bits per heavy atom. The summed E-state index contributed by atoms with van der Waals surface area (Å²) in [5.41, 5.74) is 4.95. The van der Waals surface area contributed by atoms with Gasteiger partial charge in [-0.05, 0) is 53.8 Å². The highest BCUT2D eigenvalue weighted by atomic mass is 32.1. The predicted octanol–water partition coefficient (Wildman–Crippen LogP) is 7.85.